The highest BCUT2D eigenvalue weighted by molar-refractivity contribution is 5.47. The van der Waals surface area contributed by atoms with Gasteiger partial charge in [0.25, 0.3) is 0 Å². The largest absolute Gasteiger partial charge is 0.493 e. The summed E-state index contributed by atoms with van der Waals surface area (Å²) in [5.41, 5.74) is 7.81. The molecule has 0 aromatic heterocycles. The van der Waals surface area contributed by atoms with Gasteiger partial charge in [-0.05, 0) is 25.0 Å². The van der Waals surface area contributed by atoms with Crippen molar-refractivity contribution in [2.45, 2.75) is 43.9 Å². The van der Waals surface area contributed by atoms with E-state index in [0.717, 1.165) is 49.0 Å². The van der Waals surface area contributed by atoms with Crippen molar-refractivity contribution in [3.8, 4) is 5.75 Å². The molecular formula is C15H20FNO. The Morgan fingerprint density at radius 2 is 2.00 bits per heavy atom. The van der Waals surface area contributed by atoms with E-state index >= 15 is 0 Å². The van der Waals surface area contributed by atoms with Gasteiger partial charge in [-0.15, -0.1) is 0 Å². The Labute approximate surface area is 107 Å². The molecule has 1 heterocycles. The quantitative estimate of drug-likeness (QED) is 0.874. The van der Waals surface area contributed by atoms with Gasteiger partial charge >= 0.3 is 0 Å². The van der Waals surface area contributed by atoms with E-state index in [1.165, 1.54) is 6.42 Å². The highest BCUT2D eigenvalue weighted by Gasteiger charge is 2.38. The molecule has 1 aromatic rings. The van der Waals surface area contributed by atoms with Crippen LogP contribution in [0.4, 0.5) is 4.39 Å². The monoisotopic (exact) mass is 249 g/mol. The molecule has 0 saturated heterocycles. The van der Waals surface area contributed by atoms with Crippen LogP contribution in [0.1, 0.15) is 43.2 Å². The first-order valence-corrected chi connectivity index (χ1v) is 6.91. The van der Waals surface area contributed by atoms with E-state index < -0.39 is 0 Å². The normalized spacial score (nSPS) is 21.4. The van der Waals surface area contributed by atoms with Crippen LogP contribution in [0.5, 0.6) is 5.75 Å². The lowest BCUT2D eigenvalue weighted by Gasteiger charge is -2.38. The van der Waals surface area contributed by atoms with Gasteiger partial charge < -0.3 is 10.5 Å². The summed E-state index contributed by atoms with van der Waals surface area (Å²) in [4.78, 5) is 0. The molecule has 2 N–H and O–H groups in total. The molecule has 0 radical (unpaired) electrons. The Bertz CT molecular complexity index is 452. The first-order valence-electron chi connectivity index (χ1n) is 6.91. The zero-order valence-electron chi connectivity index (χ0n) is 10.7. The molecule has 0 bridgehead atoms. The van der Waals surface area contributed by atoms with Crippen molar-refractivity contribution in [2.75, 3.05) is 13.2 Å². The lowest BCUT2D eigenvalue weighted by Crippen LogP contribution is -2.38. The summed E-state index contributed by atoms with van der Waals surface area (Å²) >= 11 is 0. The van der Waals surface area contributed by atoms with Gasteiger partial charge in [0.1, 0.15) is 11.6 Å². The summed E-state index contributed by atoms with van der Waals surface area (Å²) in [5, 5.41) is 0. The molecular weight excluding hydrogens is 229 g/mol. The lowest BCUT2D eigenvalue weighted by atomic mass is 9.67. The van der Waals surface area contributed by atoms with Crippen LogP contribution in [0, 0.1) is 5.82 Å². The number of halogens is 1. The third-order valence-electron chi connectivity index (χ3n) is 4.56. The molecule has 0 spiro atoms. The topological polar surface area (TPSA) is 35.2 Å². The number of ether oxygens (including phenoxy) is 1. The van der Waals surface area contributed by atoms with E-state index in [1.807, 2.05) is 0 Å². The molecule has 0 atom stereocenters. The summed E-state index contributed by atoms with van der Waals surface area (Å²) in [5.74, 6) is 0.774. The predicted molar refractivity (Wildman–Crippen MR) is 69.4 cm³/mol. The number of hydrogen-bond acceptors (Lipinski definition) is 2. The third kappa shape index (κ3) is 1.72. The van der Waals surface area contributed by atoms with Crippen LogP contribution >= 0.6 is 0 Å². The highest BCUT2D eigenvalue weighted by atomic mass is 19.1. The Morgan fingerprint density at radius 1 is 1.22 bits per heavy atom. The SMILES string of the molecule is NCC1(c2c(F)ccc3c2CCO3)CCCCC1. The van der Waals surface area contributed by atoms with Gasteiger partial charge in [-0.1, -0.05) is 19.3 Å². The zero-order valence-corrected chi connectivity index (χ0v) is 10.7. The molecule has 2 aliphatic rings. The standard InChI is InChI=1S/C15H20FNO/c16-12-4-5-13-11(6-9-18-13)14(12)15(10-17)7-2-1-3-8-15/h4-5H,1-3,6-10,17H2. The molecule has 0 amide bonds. The van der Waals surface area contributed by atoms with E-state index in [0.29, 0.717) is 13.2 Å². The van der Waals surface area contributed by atoms with E-state index in [9.17, 15) is 4.39 Å². The maximum absolute atomic E-state index is 14.4. The Hall–Kier alpha value is -1.09. The minimum Gasteiger partial charge on any atom is -0.493 e. The van der Waals surface area contributed by atoms with Crippen molar-refractivity contribution < 1.29 is 9.13 Å². The smallest absolute Gasteiger partial charge is 0.127 e. The molecule has 1 aromatic carbocycles. The summed E-state index contributed by atoms with van der Waals surface area (Å²) in [6.45, 7) is 1.22. The van der Waals surface area contributed by atoms with E-state index in [4.69, 9.17) is 10.5 Å². The van der Waals surface area contributed by atoms with Crippen LogP contribution < -0.4 is 10.5 Å². The summed E-state index contributed by atoms with van der Waals surface area (Å²) in [6, 6.07) is 3.31. The fraction of sp³-hybridized carbons (Fsp3) is 0.600. The van der Waals surface area contributed by atoms with Crippen molar-refractivity contribution in [3.05, 3.63) is 29.1 Å². The highest BCUT2D eigenvalue weighted by Crippen LogP contribution is 2.44. The molecule has 3 heteroatoms. The van der Waals surface area contributed by atoms with Gasteiger partial charge in [0.05, 0.1) is 6.61 Å². The second-order valence-electron chi connectivity index (χ2n) is 5.54. The van der Waals surface area contributed by atoms with Gasteiger partial charge in [0, 0.05) is 29.5 Å². The summed E-state index contributed by atoms with van der Waals surface area (Å²) in [6.07, 6.45) is 6.40. The second kappa shape index (κ2) is 4.54. The maximum Gasteiger partial charge on any atom is 0.127 e. The van der Waals surface area contributed by atoms with Crippen LogP contribution in [-0.2, 0) is 11.8 Å². The fourth-order valence-electron chi connectivity index (χ4n) is 3.60. The maximum atomic E-state index is 14.4. The molecule has 98 valence electrons. The Kier molecular flexibility index (Phi) is 3.02. The van der Waals surface area contributed by atoms with Gasteiger partial charge in [0.15, 0.2) is 0 Å². The minimum atomic E-state index is -0.151. The molecule has 1 aliphatic heterocycles. The van der Waals surface area contributed by atoms with Crippen molar-refractivity contribution in [1.82, 2.24) is 0 Å². The molecule has 1 fully saturated rings. The fourth-order valence-corrected chi connectivity index (χ4v) is 3.60. The lowest BCUT2D eigenvalue weighted by molar-refractivity contribution is 0.290. The predicted octanol–water partition coefficient (Wildman–Crippen LogP) is 2.92. The van der Waals surface area contributed by atoms with Gasteiger partial charge in [0.2, 0.25) is 0 Å². The van der Waals surface area contributed by atoms with Crippen LogP contribution in [0.3, 0.4) is 0 Å². The van der Waals surface area contributed by atoms with Crippen molar-refractivity contribution in [2.24, 2.45) is 5.73 Å². The summed E-state index contributed by atoms with van der Waals surface area (Å²) in [7, 11) is 0. The van der Waals surface area contributed by atoms with Crippen LogP contribution in [0.2, 0.25) is 0 Å². The van der Waals surface area contributed by atoms with Crippen molar-refractivity contribution in [3.63, 3.8) is 0 Å². The molecule has 18 heavy (non-hydrogen) atoms. The van der Waals surface area contributed by atoms with Crippen LogP contribution in [-0.4, -0.2) is 13.2 Å². The van der Waals surface area contributed by atoms with Crippen molar-refractivity contribution >= 4 is 0 Å². The minimum absolute atomic E-state index is 0.0911. The number of hydrogen-bond donors (Lipinski definition) is 1. The van der Waals surface area contributed by atoms with E-state index in [1.54, 1.807) is 12.1 Å². The molecule has 0 unspecified atom stereocenters. The zero-order chi connectivity index (χ0) is 12.6. The second-order valence-corrected chi connectivity index (χ2v) is 5.54. The molecule has 3 rings (SSSR count). The van der Waals surface area contributed by atoms with Crippen LogP contribution in [0.25, 0.3) is 0 Å². The van der Waals surface area contributed by atoms with E-state index in [-0.39, 0.29) is 11.2 Å². The Morgan fingerprint density at radius 3 is 2.72 bits per heavy atom. The number of nitrogens with two attached hydrogens (primary N) is 1. The van der Waals surface area contributed by atoms with Crippen LogP contribution in [0.15, 0.2) is 12.1 Å². The first-order chi connectivity index (χ1) is 8.77. The number of rotatable bonds is 2. The number of benzene rings is 1. The molecule has 1 aliphatic carbocycles. The molecule has 1 saturated carbocycles. The molecule has 2 nitrogen and oxygen atoms in total. The average Bonchev–Trinajstić information content (AvgIpc) is 2.87. The van der Waals surface area contributed by atoms with Gasteiger partial charge in [-0.2, -0.15) is 0 Å². The average molecular weight is 249 g/mol. The van der Waals surface area contributed by atoms with Crippen molar-refractivity contribution in [1.29, 1.82) is 0 Å². The number of fused-ring (bicyclic) bond motifs is 1. The summed E-state index contributed by atoms with van der Waals surface area (Å²) < 4.78 is 19.9. The third-order valence-corrected chi connectivity index (χ3v) is 4.56. The van der Waals surface area contributed by atoms with Gasteiger partial charge in [-0.3, -0.25) is 0 Å². The van der Waals surface area contributed by atoms with E-state index in [2.05, 4.69) is 0 Å². The van der Waals surface area contributed by atoms with Gasteiger partial charge in [-0.25, -0.2) is 4.39 Å². The Balaban J connectivity index is 2.12. The first kappa shape index (κ1) is 12.0.